The van der Waals surface area contributed by atoms with Gasteiger partial charge in [0.1, 0.15) is 5.60 Å². The molecule has 0 aliphatic rings. The minimum atomic E-state index is -3.03. The lowest BCUT2D eigenvalue weighted by molar-refractivity contribution is -0.00376. The van der Waals surface area contributed by atoms with E-state index in [0.29, 0.717) is 6.54 Å². The van der Waals surface area contributed by atoms with Gasteiger partial charge in [-0.2, -0.15) is 0 Å². The lowest BCUT2D eigenvalue weighted by Gasteiger charge is -2.22. The first-order chi connectivity index (χ1) is 9.18. The van der Waals surface area contributed by atoms with Crippen LogP contribution in [0, 0.1) is 0 Å². The highest BCUT2D eigenvalue weighted by molar-refractivity contribution is 5.67. The number of hydrogen-bond acceptors (Lipinski definition) is 3. The lowest BCUT2D eigenvalue weighted by atomic mass is 10.2. The van der Waals surface area contributed by atoms with Crippen molar-refractivity contribution in [1.82, 2.24) is 15.6 Å². The van der Waals surface area contributed by atoms with Crippen molar-refractivity contribution in [3.05, 3.63) is 24.0 Å². The second kappa shape index (κ2) is 6.69. The fourth-order valence-electron chi connectivity index (χ4n) is 1.44. The number of nitrogens with one attached hydrogen (secondary N) is 3. The van der Waals surface area contributed by atoms with Crippen LogP contribution in [0.5, 0.6) is 0 Å². The maximum absolute atomic E-state index is 13.5. The molecule has 0 bridgehead atoms. The first kappa shape index (κ1) is 16.4. The van der Waals surface area contributed by atoms with Crippen molar-refractivity contribution in [2.75, 3.05) is 13.1 Å². The van der Waals surface area contributed by atoms with Crippen molar-refractivity contribution >= 4 is 6.09 Å². The molecule has 1 rings (SSSR count). The Hall–Kier alpha value is -1.63. The van der Waals surface area contributed by atoms with Gasteiger partial charge in [-0.25, -0.2) is 13.6 Å². The van der Waals surface area contributed by atoms with E-state index in [9.17, 15) is 13.6 Å². The van der Waals surface area contributed by atoms with Crippen LogP contribution in [0.15, 0.2) is 18.5 Å². The number of aromatic amines is 1. The number of ether oxygens (including phenoxy) is 1. The zero-order valence-electron chi connectivity index (χ0n) is 11.9. The van der Waals surface area contributed by atoms with E-state index in [0.717, 1.165) is 5.56 Å². The molecule has 0 unspecified atom stereocenters. The molecule has 1 heterocycles. The largest absolute Gasteiger partial charge is 0.444 e. The first-order valence-corrected chi connectivity index (χ1v) is 6.35. The van der Waals surface area contributed by atoms with Crippen molar-refractivity contribution in [1.29, 1.82) is 0 Å². The van der Waals surface area contributed by atoms with Gasteiger partial charge in [0.05, 0.1) is 13.1 Å². The molecular formula is C13H21F2N3O2. The average Bonchev–Trinajstić information content (AvgIpc) is 2.77. The third kappa shape index (κ3) is 7.08. The molecule has 20 heavy (non-hydrogen) atoms. The van der Waals surface area contributed by atoms with E-state index in [2.05, 4.69) is 15.6 Å². The van der Waals surface area contributed by atoms with E-state index in [4.69, 9.17) is 4.74 Å². The topological polar surface area (TPSA) is 66.2 Å². The summed E-state index contributed by atoms with van der Waals surface area (Å²) in [5.74, 6) is -3.03. The van der Waals surface area contributed by atoms with Crippen molar-refractivity contribution in [2.45, 2.75) is 38.8 Å². The zero-order chi connectivity index (χ0) is 15.2. The number of carbonyl (C=O) groups is 1. The summed E-state index contributed by atoms with van der Waals surface area (Å²) in [5, 5.41) is 4.70. The summed E-state index contributed by atoms with van der Waals surface area (Å²) in [6, 6.07) is 1.80. The highest BCUT2D eigenvalue weighted by atomic mass is 19.3. The molecule has 0 atom stereocenters. The van der Waals surface area contributed by atoms with Gasteiger partial charge in [-0.1, -0.05) is 0 Å². The SMILES string of the molecule is CC(C)(C)OC(=O)NCC(F)(F)CNCc1cc[nH]c1. The van der Waals surface area contributed by atoms with Crippen LogP contribution in [0.25, 0.3) is 0 Å². The average molecular weight is 289 g/mol. The summed E-state index contributed by atoms with van der Waals surface area (Å²) in [7, 11) is 0. The van der Waals surface area contributed by atoms with Crippen LogP contribution >= 0.6 is 0 Å². The van der Waals surface area contributed by atoms with Gasteiger partial charge >= 0.3 is 6.09 Å². The summed E-state index contributed by atoms with van der Waals surface area (Å²) in [4.78, 5) is 14.1. The fourth-order valence-corrected chi connectivity index (χ4v) is 1.44. The van der Waals surface area contributed by atoms with Gasteiger partial charge in [0.2, 0.25) is 0 Å². The molecule has 0 spiro atoms. The molecule has 5 nitrogen and oxygen atoms in total. The van der Waals surface area contributed by atoms with Gasteiger partial charge in [-0.3, -0.25) is 0 Å². The van der Waals surface area contributed by atoms with Crippen molar-refractivity contribution < 1.29 is 18.3 Å². The molecule has 7 heteroatoms. The van der Waals surface area contributed by atoms with Crippen LogP contribution in [0.4, 0.5) is 13.6 Å². The van der Waals surface area contributed by atoms with Crippen molar-refractivity contribution in [3.63, 3.8) is 0 Å². The van der Waals surface area contributed by atoms with E-state index in [1.165, 1.54) is 0 Å². The Kier molecular flexibility index (Phi) is 5.50. The molecule has 0 aliphatic heterocycles. The maximum Gasteiger partial charge on any atom is 0.407 e. The van der Waals surface area contributed by atoms with E-state index >= 15 is 0 Å². The smallest absolute Gasteiger partial charge is 0.407 e. The Morgan fingerprint density at radius 1 is 1.35 bits per heavy atom. The van der Waals surface area contributed by atoms with Crippen molar-refractivity contribution in [2.24, 2.45) is 0 Å². The number of alkyl carbamates (subject to hydrolysis) is 1. The lowest BCUT2D eigenvalue weighted by Crippen LogP contribution is -2.44. The quantitative estimate of drug-likeness (QED) is 0.752. The van der Waals surface area contributed by atoms with Gasteiger partial charge in [0.25, 0.3) is 5.92 Å². The van der Waals surface area contributed by atoms with Crippen molar-refractivity contribution in [3.8, 4) is 0 Å². The number of alkyl halides is 2. The molecule has 0 saturated heterocycles. The third-order valence-electron chi connectivity index (χ3n) is 2.27. The Bertz CT molecular complexity index is 414. The molecule has 3 N–H and O–H groups in total. The van der Waals surface area contributed by atoms with Gasteiger partial charge in [-0.15, -0.1) is 0 Å². The molecule has 114 valence electrons. The molecular weight excluding hydrogens is 268 g/mol. The number of amides is 1. The second-order valence-corrected chi connectivity index (χ2v) is 5.53. The summed E-state index contributed by atoms with van der Waals surface area (Å²) in [5.41, 5.74) is 0.187. The monoisotopic (exact) mass is 289 g/mol. The molecule has 0 saturated carbocycles. The number of carbonyl (C=O) groups excluding carboxylic acids is 1. The number of rotatable bonds is 6. The predicted molar refractivity (Wildman–Crippen MR) is 71.7 cm³/mol. The van der Waals surface area contributed by atoms with E-state index < -0.39 is 30.7 Å². The molecule has 1 aromatic rings. The summed E-state index contributed by atoms with van der Waals surface area (Å²) in [6.45, 7) is 4.07. The first-order valence-electron chi connectivity index (χ1n) is 6.35. The Morgan fingerprint density at radius 2 is 2.05 bits per heavy atom. The summed E-state index contributed by atoms with van der Waals surface area (Å²) < 4.78 is 31.9. The fraction of sp³-hybridized carbons (Fsp3) is 0.615. The number of aromatic nitrogens is 1. The minimum Gasteiger partial charge on any atom is -0.444 e. The molecule has 0 aromatic carbocycles. The van der Waals surface area contributed by atoms with Crippen LogP contribution in [0.2, 0.25) is 0 Å². The highest BCUT2D eigenvalue weighted by Gasteiger charge is 2.30. The number of H-pyrrole nitrogens is 1. The molecule has 1 amide bonds. The van der Waals surface area contributed by atoms with Gasteiger partial charge in [-0.05, 0) is 32.4 Å². The minimum absolute atomic E-state index is 0.339. The van der Waals surface area contributed by atoms with Gasteiger partial charge in [0, 0.05) is 18.9 Å². The summed E-state index contributed by atoms with van der Waals surface area (Å²) >= 11 is 0. The Labute approximate surface area is 117 Å². The van der Waals surface area contributed by atoms with E-state index in [-0.39, 0.29) is 0 Å². The molecule has 0 aliphatic carbocycles. The number of halogens is 2. The molecule has 0 radical (unpaired) electrons. The van der Waals surface area contributed by atoms with E-state index in [1.54, 1.807) is 39.2 Å². The summed E-state index contributed by atoms with van der Waals surface area (Å²) in [6.07, 6.45) is 2.60. The van der Waals surface area contributed by atoms with Gasteiger partial charge < -0.3 is 20.4 Å². The van der Waals surface area contributed by atoms with Crippen LogP contribution in [-0.4, -0.2) is 35.7 Å². The Balaban J connectivity index is 2.25. The van der Waals surface area contributed by atoms with Crippen LogP contribution in [0.1, 0.15) is 26.3 Å². The maximum atomic E-state index is 13.5. The van der Waals surface area contributed by atoms with Crippen LogP contribution < -0.4 is 10.6 Å². The van der Waals surface area contributed by atoms with Crippen LogP contribution in [0.3, 0.4) is 0 Å². The van der Waals surface area contributed by atoms with Gasteiger partial charge in [0.15, 0.2) is 0 Å². The third-order valence-corrected chi connectivity index (χ3v) is 2.27. The second-order valence-electron chi connectivity index (χ2n) is 5.53. The standard InChI is InChI=1S/C13H21F2N3O2/c1-12(2,3)20-11(19)18-9-13(14,15)8-17-7-10-4-5-16-6-10/h4-6,16-17H,7-9H2,1-3H3,(H,18,19). The van der Waals surface area contributed by atoms with Crippen LogP contribution in [-0.2, 0) is 11.3 Å². The molecule has 0 fully saturated rings. The zero-order valence-corrected chi connectivity index (χ0v) is 11.9. The number of hydrogen-bond donors (Lipinski definition) is 3. The van der Waals surface area contributed by atoms with E-state index in [1.807, 2.05) is 0 Å². The predicted octanol–water partition coefficient (Wildman–Crippen LogP) is 2.26. The molecule has 1 aromatic heterocycles. The normalized spacial score (nSPS) is 12.2. The highest BCUT2D eigenvalue weighted by Crippen LogP contribution is 2.12. The Morgan fingerprint density at radius 3 is 2.60 bits per heavy atom.